The molecule has 1 saturated carbocycles. The Hall–Kier alpha value is -2.12. The van der Waals surface area contributed by atoms with Crippen molar-refractivity contribution >= 4 is 0 Å². The van der Waals surface area contributed by atoms with Gasteiger partial charge in [-0.15, -0.1) is 6.58 Å². The Balaban J connectivity index is 1.56. The van der Waals surface area contributed by atoms with E-state index in [1.54, 1.807) is 0 Å². The Morgan fingerprint density at radius 3 is 2.15 bits per heavy atom. The molecular formula is C26H32O. The van der Waals surface area contributed by atoms with Crippen molar-refractivity contribution in [1.29, 1.82) is 0 Å². The Bertz CT molecular complexity index is 716. The first kappa shape index (κ1) is 19.6. The Morgan fingerprint density at radius 1 is 0.926 bits per heavy atom. The second-order valence-corrected chi connectivity index (χ2v) is 7.65. The third-order valence-electron chi connectivity index (χ3n) is 5.73. The van der Waals surface area contributed by atoms with Crippen molar-refractivity contribution in [3.05, 3.63) is 84.5 Å². The molecule has 0 N–H and O–H groups in total. The minimum atomic E-state index is 0.665. The highest BCUT2D eigenvalue weighted by atomic mass is 16.5. The zero-order valence-electron chi connectivity index (χ0n) is 16.6. The zero-order valence-corrected chi connectivity index (χ0v) is 16.6. The van der Waals surface area contributed by atoms with Gasteiger partial charge in [-0.25, -0.2) is 0 Å². The molecule has 2 aromatic carbocycles. The highest BCUT2D eigenvalue weighted by Gasteiger charge is 2.21. The average molecular weight is 361 g/mol. The van der Waals surface area contributed by atoms with Crippen molar-refractivity contribution in [1.82, 2.24) is 0 Å². The predicted molar refractivity (Wildman–Crippen MR) is 116 cm³/mol. The van der Waals surface area contributed by atoms with Crippen molar-refractivity contribution < 1.29 is 4.74 Å². The van der Waals surface area contributed by atoms with Crippen LogP contribution in [0.1, 0.15) is 56.1 Å². The van der Waals surface area contributed by atoms with Crippen LogP contribution in [0.5, 0.6) is 0 Å². The van der Waals surface area contributed by atoms with Crippen LogP contribution < -0.4 is 0 Å². The molecule has 1 aliphatic rings. The third-order valence-corrected chi connectivity index (χ3v) is 5.73. The van der Waals surface area contributed by atoms with E-state index in [4.69, 9.17) is 4.74 Å². The largest absolute Gasteiger partial charge is 0.373 e. The summed E-state index contributed by atoms with van der Waals surface area (Å²) in [6, 6.07) is 18.0. The predicted octanol–water partition coefficient (Wildman–Crippen LogP) is 7.30. The fraction of sp³-hybridized carbons (Fsp3) is 0.385. The van der Waals surface area contributed by atoms with Crippen LogP contribution in [0.15, 0.2) is 73.3 Å². The van der Waals surface area contributed by atoms with E-state index in [-0.39, 0.29) is 0 Å². The van der Waals surface area contributed by atoms with Crippen molar-refractivity contribution in [2.24, 2.45) is 5.92 Å². The van der Waals surface area contributed by atoms with E-state index in [1.165, 1.54) is 54.4 Å². The summed E-state index contributed by atoms with van der Waals surface area (Å²) >= 11 is 0. The van der Waals surface area contributed by atoms with Gasteiger partial charge < -0.3 is 4.74 Å². The van der Waals surface area contributed by atoms with Crippen LogP contribution in [0.25, 0.3) is 11.1 Å². The van der Waals surface area contributed by atoms with Gasteiger partial charge in [0.2, 0.25) is 0 Å². The van der Waals surface area contributed by atoms with Gasteiger partial charge in [0.15, 0.2) is 0 Å². The second kappa shape index (κ2) is 10.3. The van der Waals surface area contributed by atoms with Crippen LogP contribution in [-0.2, 0) is 11.3 Å². The van der Waals surface area contributed by atoms with Crippen LogP contribution in [0, 0.1) is 5.92 Å². The van der Waals surface area contributed by atoms with E-state index in [1.807, 2.05) is 19.1 Å². The topological polar surface area (TPSA) is 9.23 Å². The highest BCUT2D eigenvalue weighted by Crippen LogP contribution is 2.37. The lowest BCUT2D eigenvalue weighted by atomic mass is 9.77. The fourth-order valence-electron chi connectivity index (χ4n) is 4.05. The molecule has 0 unspecified atom stereocenters. The zero-order chi connectivity index (χ0) is 18.9. The first-order valence-corrected chi connectivity index (χ1v) is 10.3. The lowest BCUT2D eigenvalue weighted by Gasteiger charge is -2.28. The minimum Gasteiger partial charge on any atom is -0.373 e. The molecule has 27 heavy (non-hydrogen) atoms. The van der Waals surface area contributed by atoms with Gasteiger partial charge in [0.1, 0.15) is 0 Å². The van der Waals surface area contributed by atoms with Gasteiger partial charge in [-0.2, -0.15) is 0 Å². The molecule has 142 valence electrons. The number of ether oxygens (including phenoxy) is 1. The normalized spacial score (nSPS) is 20.0. The molecule has 1 heteroatoms. The summed E-state index contributed by atoms with van der Waals surface area (Å²) in [6.45, 7) is 7.24. The standard InChI is InChI=1S/C26H32O/c1-3-5-19-27-20-22-9-13-24(14-10-22)26-17-15-25(16-18-26)23-11-7-21(6-4-2)8-12-23/h3-5,9-10,13-18,21,23H,2,6-8,11-12,19-20H2,1H3. The molecule has 0 bridgehead atoms. The first-order chi connectivity index (χ1) is 13.3. The summed E-state index contributed by atoms with van der Waals surface area (Å²) in [5.41, 5.74) is 5.29. The number of hydrogen-bond acceptors (Lipinski definition) is 1. The molecule has 0 amide bonds. The lowest BCUT2D eigenvalue weighted by molar-refractivity contribution is 0.148. The molecule has 1 aliphatic carbocycles. The Kier molecular flexibility index (Phi) is 7.47. The minimum absolute atomic E-state index is 0.665. The van der Waals surface area contributed by atoms with E-state index in [9.17, 15) is 0 Å². The molecule has 3 rings (SSSR count). The van der Waals surface area contributed by atoms with Crippen LogP contribution in [0.3, 0.4) is 0 Å². The maximum Gasteiger partial charge on any atom is 0.0721 e. The van der Waals surface area contributed by atoms with E-state index in [0.717, 1.165) is 11.8 Å². The van der Waals surface area contributed by atoms with Gasteiger partial charge in [0.25, 0.3) is 0 Å². The number of rotatable bonds is 8. The second-order valence-electron chi connectivity index (χ2n) is 7.65. The smallest absolute Gasteiger partial charge is 0.0721 e. The molecule has 0 atom stereocenters. The summed E-state index contributed by atoms with van der Waals surface area (Å²) in [4.78, 5) is 0. The van der Waals surface area contributed by atoms with E-state index in [0.29, 0.717) is 13.2 Å². The van der Waals surface area contributed by atoms with Crippen LogP contribution in [-0.4, -0.2) is 6.61 Å². The lowest BCUT2D eigenvalue weighted by Crippen LogP contribution is -2.12. The molecule has 1 fully saturated rings. The molecule has 0 spiro atoms. The molecular weight excluding hydrogens is 328 g/mol. The summed E-state index contributed by atoms with van der Waals surface area (Å²) in [7, 11) is 0. The maximum atomic E-state index is 5.62. The molecule has 0 saturated heterocycles. The SMILES string of the molecule is C=CCC1CCC(c2ccc(-c3ccc(COCC=CC)cc3)cc2)CC1. The van der Waals surface area contributed by atoms with Crippen LogP contribution >= 0.6 is 0 Å². The quantitative estimate of drug-likeness (QED) is 0.354. The Morgan fingerprint density at radius 2 is 1.56 bits per heavy atom. The summed E-state index contributed by atoms with van der Waals surface area (Å²) in [5, 5.41) is 0. The van der Waals surface area contributed by atoms with Gasteiger partial charge >= 0.3 is 0 Å². The molecule has 0 aromatic heterocycles. The molecule has 1 nitrogen and oxygen atoms in total. The van der Waals surface area contributed by atoms with Gasteiger partial charge in [-0.05, 0) is 73.1 Å². The van der Waals surface area contributed by atoms with Gasteiger partial charge in [0, 0.05) is 0 Å². The summed E-state index contributed by atoms with van der Waals surface area (Å²) < 4.78 is 5.62. The summed E-state index contributed by atoms with van der Waals surface area (Å²) in [5.74, 6) is 1.59. The molecule has 0 radical (unpaired) electrons. The highest BCUT2D eigenvalue weighted by molar-refractivity contribution is 5.64. The van der Waals surface area contributed by atoms with Crippen LogP contribution in [0.2, 0.25) is 0 Å². The van der Waals surface area contributed by atoms with Crippen molar-refractivity contribution in [3.8, 4) is 11.1 Å². The maximum absolute atomic E-state index is 5.62. The van der Waals surface area contributed by atoms with Crippen molar-refractivity contribution in [3.63, 3.8) is 0 Å². The van der Waals surface area contributed by atoms with Gasteiger partial charge in [-0.1, -0.05) is 66.8 Å². The molecule has 2 aromatic rings. The van der Waals surface area contributed by atoms with Crippen molar-refractivity contribution in [2.75, 3.05) is 6.61 Å². The van der Waals surface area contributed by atoms with E-state index in [2.05, 4.69) is 61.2 Å². The van der Waals surface area contributed by atoms with E-state index < -0.39 is 0 Å². The monoisotopic (exact) mass is 360 g/mol. The molecule has 0 heterocycles. The number of benzene rings is 2. The van der Waals surface area contributed by atoms with Gasteiger partial charge in [0.05, 0.1) is 13.2 Å². The van der Waals surface area contributed by atoms with Crippen LogP contribution in [0.4, 0.5) is 0 Å². The third kappa shape index (κ3) is 5.68. The number of allylic oxidation sites excluding steroid dienone is 2. The van der Waals surface area contributed by atoms with Gasteiger partial charge in [-0.3, -0.25) is 0 Å². The first-order valence-electron chi connectivity index (χ1n) is 10.3. The van der Waals surface area contributed by atoms with E-state index >= 15 is 0 Å². The summed E-state index contributed by atoms with van der Waals surface area (Å²) in [6.07, 6.45) is 12.6. The van der Waals surface area contributed by atoms with Crippen molar-refractivity contribution in [2.45, 2.75) is 51.6 Å². The Labute approximate surface area is 164 Å². The molecule has 0 aliphatic heterocycles. The fourth-order valence-corrected chi connectivity index (χ4v) is 4.05. The average Bonchev–Trinajstić information content (AvgIpc) is 2.73. The number of hydrogen-bond donors (Lipinski definition) is 0.